The van der Waals surface area contributed by atoms with Crippen molar-refractivity contribution in [2.75, 3.05) is 0 Å². The van der Waals surface area contributed by atoms with E-state index in [0.717, 1.165) is 6.54 Å². The van der Waals surface area contributed by atoms with Crippen molar-refractivity contribution in [3.05, 3.63) is 52.3 Å². The predicted octanol–water partition coefficient (Wildman–Crippen LogP) is 3.23. The second kappa shape index (κ2) is 5.44. The summed E-state index contributed by atoms with van der Waals surface area (Å²) >= 11 is 3.10. The van der Waals surface area contributed by atoms with E-state index >= 15 is 0 Å². The van der Waals surface area contributed by atoms with Crippen LogP contribution >= 0.6 is 15.9 Å². The number of imidazole rings is 1. The highest BCUT2D eigenvalue weighted by atomic mass is 79.9. The molecule has 1 aromatic carbocycles. The molecule has 1 aromatic heterocycles. The highest BCUT2D eigenvalue weighted by molar-refractivity contribution is 9.10. The molecule has 0 saturated carbocycles. The van der Waals surface area contributed by atoms with Gasteiger partial charge in [-0.1, -0.05) is 12.1 Å². The van der Waals surface area contributed by atoms with Crippen molar-refractivity contribution in [2.45, 2.75) is 19.9 Å². The number of carbonyl (C=O) groups excluding carboxylic acids is 1. The second-order valence-corrected chi connectivity index (χ2v) is 4.62. The quantitative estimate of drug-likeness (QED) is 0.813. The Morgan fingerprint density at radius 3 is 3.00 bits per heavy atom. The maximum Gasteiger partial charge on any atom is 0.171 e. The van der Waals surface area contributed by atoms with Crippen LogP contribution in [0.1, 0.15) is 23.1 Å². The molecule has 0 N–H and O–H groups in total. The molecule has 0 saturated heterocycles. The summed E-state index contributed by atoms with van der Waals surface area (Å²) in [6.07, 6.45) is 3.65. The largest absolute Gasteiger partial charge is 0.335 e. The molecule has 0 spiro atoms. The van der Waals surface area contributed by atoms with Gasteiger partial charge in [-0.25, -0.2) is 9.37 Å². The third kappa shape index (κ3) is 2.51. The van der Waals surface area contributed by atoms with Gasteiger partial charge in [-0.2, -0.15) is 0 Å². The molecule has 0 amide bonds. The van der Waals surface area contributed by atoms with Crippen LogP contribution in [0.3, 0.4) is 0 Å². The molecular formula is C13H12BrFN2O. The van der Waals surface area contributed by atoms with Crippen LogP contribution in [-0.4, -0.2) is 15.3 Å². The molecule has 94 valence electrons. The van der Waals surface area contributed by atoms with Crippen LogP contribution < -0.4 is 0 Å². The number of aromatic nitrogens is 2. The highest BCUT2D eigenvalue weighted by Crippen LogP contribution is 2.21. The summed E-state index contributed by atoms with van der Waals surface area (Å²) < 4.78 is 15.5. The SMILES string of the molecule is CCn1ccnc1CC(=O)c1cccc(F)c1Br. The van der Waals surface area contributed by atoms with Gasteiger partial charge >= 0.3 is 0 Å². The van der Waals surface area contributed by atoms with Crippen LogP contribution in [0.4, 0.5) is 4.39 Å². The minimum absolute atomic E-state index is 0.151. The Morgan fingerprint density at radius 1 is 1.50 bits per heavy atom. The molecule has 2 aromatic rings. The molecule has 5 heteroatoms. The van der Waals surface area contributed by atoms with Crippen molar-refractivity contribution in [1.82, 2.24) is 9.55 Å². The Balaban J connectivity index is 2.25. The Labute approximate surface area is 113 Å². The van der Waals surface area contributed by atoms with E-state index in [-0.39, 0.29) is 16.7 Å². The van der Waals surface area contributed by atoms with Gasteiger partial charge in [-0.15, -0.1) is 0 Å². The van der Waals surface area contributed by atoms with Crippen LogP contribution in [-0.2, 0) is 13.0 Å². The fourth-order valence-electron chi connectivity index (χ4n) is 1.75. The normalized spacial score (nSPS) is 10.6. The number of Topliss-reactive ketones (excluding diaryl/α,β-unsaturated/α-hetero) is 1. The molecule has 1 heterocycles. The van der Waals surface area contributed by atoms with Gasteiger partial charge in [0.2, 0.25) is 0 Å². The number of halogens is 2. The van der Waals surface area contributed by atoms with Gasteiger partial charge in [0.15, 0.2) is 5.78 Å². The molecule has 2 rings (SSSR count). The van der Waals surface area contributed by atoms with E-state index in [1.807, 2.05) is 17.7 Å². The first-order valence-corrected chi connectivity index (χ1v) is 6.40. The van der Waals surface area contributed by atoms with Crippen molar-refractivity contribution in [2.24, 2.45) is 0 Å². The van der Waals surface area contributed by atoms with E-state index in [1.54, 1.807) is 12.3 Å². The lowest BCUT2D eigenvalue weighted by Gasteiger charge is -2.06. The molecule has 0 bridgehead atoms. The molecule has 18 heavy (non-hydrogen) atoms. The highest BCUT2D eigenvalue weighted by Gasteiger charge is 2.15. The molecule has 0 aliphatic carbocycles. The van der Waals surface area contributed by atoms with Crippen LogP contribution in [0.2, 0.25) is 0 Å². The maximum atomic E-state index is 13.3. The summed E-state index contributed by atoms with van der Waals surface area (Å²) in [6.45, 7) is 2.74. The lowest BCUT2D eigenvalue weighted by molar-refractivity contribution is 0.0988. The van der Waals surface area contributed by atoms with Crippen molar-refractivity contribution in [3.8, 4) is 0 Å². The number of ketones is 1. The smallest absolute Gasteiger partial charge is 0.171 e. The lowest BCUT2D eigenvalue weighted by Crippen LogP contribution is -2.10. The topological polar surface area (TPSA) is 34.9 Å². The Hall–Kier alpha value is -1.49. The fourth-order valence-corrected chi connectivity index (χ4v) is 2.24. The summed E-state index contributed by atoms with van der Waals surface area (Å²) in [6, 6.07) is 4.45. The van der Waals surface area contributed by atoms with E-state index in [0.29, 0.717) is 11.4 Å². The molecular weight excluding hydrogens is 299 g/mol. The van der Waals surface area contributed by atoms with Crippen LogP contribution in [0.5, 0.6) is 0 Å². The number of hydrogen-bond acceptors (Lipinski definition) is 2. The molecule has 0 fully saturated rings. The van der Waals surface area contributed by atoms with Gasteiger partial charge in [0.25, 0.3) is 0 Å². The zero-order chi connectivity index (χ0) is 13.1. The average Bonchev–Trinajstić information content (AvgIpc) is 2.79. The summed E-state index contributed by atoms with van der Waals surface area (Å²) in [4.78, 5) is 16.2. The van der Waals surface area contributed by atoms with E-state index in [9.17, 15) is 9.18 Å². The van der Waals surface area contributed by atoms with Gasteiger partial charge in [0, 0.05) is 24.5 Å². The number of hydrogen-bond donors (Lipinski definition) is 0. The first-order valence-electron chi connectivity index (χ1n) is 5.60. The molecule has 0 radical (unpaired) electrons. The number of carbonyl (C=O) groups is 1. The van der Waals surface area contributed by atoms with E-state index in [2.05, 4.69) is 20.9 Å². The standard InChI is InChI=1S/C13H12BrFN2O/c1-2-17-7-6-16-12(17)8-11(18)9-4-3-5-10(15)13(9)14/h3-7H,2,8H2,1H3. The van der Waals surface area contributed by atoms with Crippen molar-refractivity contribution in [1.29, 1.82) is 0 Å². The zero-order valence-electron chi connectivity index (χ0n) is 9.86. The number of aryl methyl sites for hydroxylation is 1. The minimum atomic E-state index is -0.431. The molecule has 0 unspecified atom stereocenters. The van der Waals surface area contributed by atoms with Gasteiger partial charge in [0.1, 0.15) is 11.6 Å². The van der Waals surface area contributed by atoms with E-state index < -0.39 is 5.82 Å². The first-order chi connectivity index (χ1) is 8.63. The van der Waals surface area contributed by atoms with Crippen molar-refractivity contribution in [3.63, 3.8) is 0 Å². The summed E-state index contributed by atoms with van der Waals surface area (Å²) in [5, 5.41) is 0. The molecule has 3 nitrogen and oxygen atoms in total. The van der Waals surface area contributed by atoms with Crippen LogP contribution in [0.25, 0.3) is 0 Å². The summed E-state index contributed by atoms with van der Waals surface area (Å²) in [5.74, 6) is 0.112. The number of benzene rings is 1. The minimum Gasteiger partial charge on any atom is -0.335 e. The first kappa shape index (κ1) is 13.0. The Bertz CT molecular complexity index is 580. The summed E-state index contributed by atoms with van der Waals surface area (Å²) in [7, 11) is 0. The number of nitrogens with zero attached hydrogens (tertiary/aromatic N) is 2. The number of rotatable bonds is 4. The summed E-state index contributed by atoms with van der Waals surface area (Å²) in [5.41, 5.74) is 0.348. The average molecular weight is 311 g/mol. The van der Waals surface area contributed by atoms with Gasteiger partial charge in [0.05, 0.1) is 10.9 Å². The molecule has 0 aliphatic heterocycles. The van der Waals surface area contributed by atoms with Gasteiger partial charge in [-0.3, -0.25) is 4.79 Å². The third-order valence-electron chi connectivity index (χ3n) is 2.71. The fraction of sp³-hybridized carbons (Fsp3) is 0.231. The van der Waals surface area contributed by atoms with Crippen molar-refractivity contribution >= 4 is 21.7 Å². The Kier molecular flexibility index (Phi) is 3.91. The van der Waals surface area contributed by atoms with Crippen LogP contribution in [0.15, 0.2) is 35.1 Å². The van der Waals surface area contributed by atoms with Crippen LogP contribution in [0, 0.1) is 5.82 Å². The Morgan fingerprint density at radius 2 is 2.28 bits per heavy atom. The monoisotopic (exact) mass is 310 g/mol. The van der Waals surface area contributed by atoms with E-state index in [4.69, 9.17) is 0 Å². The molecule has 0 atom stereocenters. The van der Waals surface area contributed by atoms with E-state index in [1.165, 1.54) is 12.1 Å². The molecule has 0 aliphatic rings. The van der Waals surface area contributed by atoms with Gasteiger partial charge in [-0.05, 0) is 28.9 Å². The second-order valence-electron chi connectivity index (χ2n) is 3.83. The third-order valence-corrected chi connectivity index (χ3v) is 3.52. The van der Waals surface area contributed by atoms with Crippen molar-refractivity contribution < 1.29 is 9.18 Å². The van der Waals surface area contributed by atoms with Gasteiger partial charge < -0.3 is 4.57 Å². The zero-order valence-corrected chi connectivity index (χ0v) is 11.4. The predicted molar refractivity (Wildman–Crippen MR) is 70.0 cm³/mol. The lowest BCUT2D eigenvalue weighted by atomic mass is 10.1. The maximum absolute atomic E-state index is 13.3.